The zero-order valence-electron chi connectivity index (χ0n) is 10.8. The maximum absolute atomic E-state index is 10.3. The molecule has 1 rings (SSSR count). The summed E-state index contributed by atoms with van der Waals surface area (Å²) >= 11 is 0. The van der Waals surface area contributed by atoms with Crippen LogP contribution >= 0.6 is 0 Å². The predicted octanol–water partition coefficient (Wildman–Crippen LogP) is 2.66. The second-order valence-corrected chi connectivity index (χ2v) is 5.48. The van der Waals surface area contributed by atoms with Crippen LogP contribution < -0.4 is 0 Å². The second-order valence-electron chi connectivity index (χ2n) is 5.48. The second kappa shape index (κ2) is 5.31. The average Bonchev–Trinajstić information content (AvgIpc) is 2.19. The number of aliphatic hydroxyl groups excluding tert-OH is 1. The molecule has 1 saturated carbocycles. The molecule has 0 aromatic carbocycles. The minimum absolute atomic E-state index is 0.0581. The Hall–Kier alpha value is -0.0800. The maximum atomic E-state index is 10.3. The normalized spacial score (nSPS) is 34.4. The van der Waals surface area contributed by atoms with Crippen molar-refractivity contribution in [1.29, 1.82) is 0 Å². The smallest absolute Gasteiger partial charge is 0.0723 e. The van der Waals surface area contributed by atoms with Crippen LogP contribution in [0.5, 0.6) is 0 Å². The van der Waals surface area contributed by atoms with Crippen LogP contribution in [0.2, 0.25) is 0 Å². The van der Waals surface area contributed by atoms with E-state index >= 15 is 0 Å². The molecule has 2 heteroatoms. The summed E-state index contributed by atoms with van der Waals surface area (Å²) in [6.07, 6.45) is 6.70. The lowest BCUT2D eigenvalue weighted by Crippen LogP contribution is -2.55. The van der Waals surface area contributed by atoms with Crippen LogP contribution in [-0.2, 0) is 0 Å². The highest BCUT2D eigenvalue weighted by atomic mass is 16.3. The summed E-state index contributed by atoms with van der Waals surface area (Å²) in [5, 5.41) is 10.3. The van der Waals surface area contributed by atoms with Gasteiger partial charge < -0.3 is 10.0 Å². The van der Waals surface area contributed by atoms with Crippen LogP contribution in [0.3, 0.4) is 0 Å². The summed E-state index contributed by atoms with van der Waals surface area (Å²) in [7, 11) is 4.24. The van der Waals surface area contributed by atoms with Crippen LogP contribution in [0.1, 0.15) is 52.4 Å². The Kier molecular flexibility index (Phi) is 4.60. The molecule has 0 aromatic rings. The van der Waals surface area contributed by atoms with Gasteiger partial charge in [-0.15, -0.1) is 0 Å². The first-order valence-electron chi connectivity index (χ1n) is 6.38. The van der Waals surface area contributed by atoms with Gasteiger partial charge in [-0.25, -0.2) is 0 Å². The number of hydrogen-bond donors (Lipinski definition) is 1. The molecule has 0 heterocycles. The molecular weight excluding hydrogens is 186 g/mol. The highest BCUT2D eigenvalue weighted by molar-refractivity contribution is 4.97. The van der Waals surface area contributed by atoms with E-state index in [1.54, 1.807) is 0 Å². The molecule has 1 N–H and O–H groups in total. The zero-order valence-corrected chi connectivity index (χ0v) is 10.8. The van der Waals surface area contributed by atoms with Crippen LogP contribution in [0.15, 0.2) is 0 Å². The molecule has 1 atom stereocenters. The lowest BCUT2D eigenvalue weighted by atomic mass is 9.72. The van der Waals surface area contributed by atoms with Crippen molar-refractivity contribution in [3.63, 3.8) is 0 Å². The Balaban J connectivity index is 2.70. The quantitative estimate of drug-likeness (QED) is 0.776. The van der Waals surface area contributed by atoms with Crippen molar-refractivity contribution >= 4 is 0 Å². The summed E-state index contributed by atoms with van der Waals surface area (Å²) in [4.78, 5) is 2.26. The van der Waals surface area contributed by atoms with Crippen molar-refractivity contribution in [1.82, 2.24) is 4.90 Å². The number of aliphatic hydroxyl groups is 1. The lowest BCUT2D eigenvalue weighted by Gasteiger charge is -2.47. The number of rotatable bonds is 4. The minimum Gasteiger partial charge on any atom is -0.391 e. The third-order valence-corrected chi connectivity index (χ3v) is 4.21. The first-order valence-corrected chi connectivity index (χ1v) is 6.38. The molecule has 0 bridgehead atoms. The van der Waals surface area contributed by atoms with Gasteiger partial charge in [0.2, 0.25) is 0 Å². The molecule has 90 valence electrons. The van der Waals surface area contributed by atoms with Gasteiger partial charge in [0.1, 0.15) is 0 Å². The SMILES string of the molecule is CCCC(O)C1(N(C)C)CCC(C)CC1. The largest absolute Gasteiger partial charge is 0.391 e. The van der Waals surface area contributed by atoms with Gasteiger partial charge in [0.25, 0.3) is 0 Å². The zero-order chi connectivity index (χ0) is 11.5. The van der Waals surface area contributed by atoms with Crippen molar-refractivity contribution in [3.8, 4) is 0 Å². The summed E-state index contributed by atoms with van der Waals surface area (Å²) in [6.45, 7) is 4.48. The summed E-state index contributed by atoms with van der Waals surface area (Å²) < 4.78 is 0. The van der Waals surface area contributed by atoms with Crippen molar-refractivity contribution in [2.75, 3.05) is 14.1 Å². The molecular formula is C13H27NO. The topological polar surface area (TPSA) is 23.5 Å². The Morgan fingerprint density at radius 2 is 1.87 bits per heavy atom. The highest BCUT2D eigenvalue weighted by Gasteiger charge is 2.41. The minimum atomic E-state index is -0.148. The Bertz CT molecular complexity index is 183. The number of hydrogen-bond acceptors (Lipinski definition) is 2. The highest BCUT2D eigenvalue weighted by Crippen LogP contribution is 2.38. The molecule has 0 radical (unpaired) electrons. The van der Waals surface area contributed by atoms with Gasteiger partial charge in [0, 0.05) is 5.54 Å². The number of likely N-dealkylation sites (N-methyl/N-ethyl adjacent to an activating group) is 1. The molecule has 1 aliphatic rings. The molecule has 0 saturated heterocycles. The van der Waals surface area contributed by atoms with Crippen LogP contribution in [0.25, 0.3) is 0 Å². The number of nitrogens with zero attached hydrogens (tertiary/aromatic N) is 1. The molecule has 15 heavy (non-hydrogen) atoms. The van der Waals surface area contributed by atoms with Gasteiger partial charge in [-0.3, -0.25) is 0 Å². The fraction of sp³-hybridized carbons (Fsp3) is 1.00. The molecule has 1 fully saturated rings. The molecule has 1 aliphatic carbocycles. The van der Waals surface area contributed by atoms with Crippen molar-refractivity contribution in [2.45, 2.75) is 64.0 Å². The molecule has 0 aromatic heterocycles. The lowest BCUT2D eigenvalue weighted by molar-refractivity contribution is -0.0427. The van der Waals surface area contributed by atoms with E-state index < -0.39 is 0 Å². The molecule has 0 amide bonds. The van der Waals surface area contributed by atoms with Gasteiger partial charge in [-0.2, -0.15) is 0 Å². The summed E-state index contributed by atoms with van der Waals surface area (Å²) in [5.41, 5.74) is 0.0581. The van der Waals surface area contributed by atoms with Gasteiger partial charge in [-0.05, 0) is 52.1 Å². The van der Waals surface area contributed by atoms with E-state index in [0.717, 1.165) is 31.6 Å². The van der Waals surface area contributed by atoms with E-state index in [1.165, 1.54) is 12.8 Å². The molecule has 0 spiro atoms. The van der Waals surface area contributed by atoms with Gasteiger partial charge >= 0.3 is 0 Å². The maximum Gasteiger partial charge on any atom is 0.0723 e. The van der Waals surface area contributed by atoms with Crippen molar-refractivity contribution < 1.29 is 5.11 Å². The fourth-order valence-electron chi connectivity index (χ4n) is 2.88. The van der Waals surface area contributed by atoms with Crippen LogP contribution in [0.4, 0.5) is 0 Å². The van der Waals surface area contributed by atoms with E-state index in [-0.39, 0.29) is 11.6 Å². The van der Waals surface area contributed by atoms with E-state index in [0.29, 0.717) is 0 Å². The monoisotopic (exact) mass is 213 g/mol. The first-order chi connectivity index (χ1) is 7.03. The summed E-state index contributed by atoms with van der Waals surface area (Å²) in [6, 6.07) is 0. The first kappa shape index (κ1) is 13.0. The Morgan fingerprint density at radius 1 is 1.33 bits per heavy atom. The predicted molar refractivity (Wildman–Crippen MR) is 65.0 cm³/mol. The Labute approximate surface area is 94.7 Å². The van der Waals surface area contributed by atoms with E-state index in [4.69, 9.17) is 0 Å². The fourth-order valence-corrected chi connectivity index (χ4v) is 2.88. The van der Waals surface area contributed by atoms with Crippen LogP contribution in [0, 0.1) is 5.92 Å². The average molecular weight is 213 g/mol. The van der Waals surface area contributed by atoms with Crippen LogP contribution in [-0.4, -0.2) is 35.7 Å². The van der Waals surface area contributed by atoms with E-state index in [2.05, 4.69) is 32.8 Å². The van der Waals surface area contributed by atoms with Gasteiger partial charge in [0.05, 0.1) is 6.10 Å². The molecule has 2 nitrogen and oxygen atoms in total. The molecule has 0 aliphatic heterocycles. The van der Waals surface area contributed by atoms with Gasteiger partial charge in [-0.1, -0.05) is 20.3 Å². The summed E-state index contributed by atoms with van der Waals surface area (Å²) in [5.74, 6) is 0.840. The van der Waals surface area contributed by atoms with Crippen molar-refractivity contribution in [2.24, 2.45) is 5.92 Å². The van der Waals surface area contributed by atoms with E-state index in [1.807, 2.05) is 0 Å². The third-order valence-electron chi connectivity index (χ3n) is 4.21. The molecule has 1 unspecified atom stereocenters. The Morgan fingerprint density at radius 3 is 2.27 bits per heavy atom. The third kappa shape index (κ3) is 2.73. The van der Waals surface area contributed by atoms with Gasteiger partial charge in [0.15, 0.2) is 0 Å². The van der Waals surface area contributed by atoms with E-state index in [9.17, 15) is 5.11 Å². The standard InChI is InChI=1S/C13H27NO/c1-5-6-12(15)13(14(3)4)9-7-11(2)8-10-13/h11-12,15H,5-10H2,1-4H3. The van der Waals surface area contributed by atoms with Crippen molar-refractivity contribution in [3.05, 3.63) is 0 Å².